The van der Waals surface area contributed by atoms with E-state index in [-0.39, 0.29) is 5.41 Å². The number of benzene rings is 1. The van der Waals surface area contributed by atoms with Crippen molar-refractivity contribution in [2.75, 3.05) is 0 Å². The van der Waals surface area contributed by atoms with Gasteiger partial charge in [0.2, 0.25) is 0 Å². The molecule has 0 saturated carbocycles. The Morgan fingerprint density at radius 3 is 2.31 bits per heavy atom. The number of aromatic nitrogens is 3. The molecule has 0 atom stereocenters. The molecule has 0 saturated heterocycles. The zero-order valence-corrected chi connectivity index (χ0v) is 10.4. The highest BCUT2D eigenvalue weighted by atomic mass is 35.5. The standard InChI is InChI=1S/C12H14ClN3/c1-12(2,3)10-5-4-9(13)8-11(10)16-14-6-7-15-16/h4-8H,1-3H3. The highest BCUT2D eigenvalue weighted by Gasteiger charge is 2.19. The van der Waals surface area contributed by atoms with Crippen molar-refractivity contribution in [3.05, 3.63) is 41.2 Å². The van der Waals surface area contributed by atoms with E-state index in [0.29, 0.717) is 5.02 Å². The van der Waals surface area contributed by atoms with E-state index in [0.717, 1.165) is 5.69 Å². The Morgan fingerprint density at radius 1 is 1.12 bits per heavy atom. The Labute approximate surface area is 100 Å². The van der Waals surface area contributed by atoms with Crippen LogP contribution in [0, 0.1) is 0 Å². The largest absolute Gasteiger partial charge is 0.157 e. The van der Waals surface area contributed by atoms with E-state index in [1.54, 1.807) is 17.2 Å². The monoisotopic (exact) mass is 235 g/mol. The molecule has 2 rings (SSSR count). The summed E-state index contributed by atoms with van der Waals surface area (Å²) in [5.41, 5.74) is 2.14. The molecule has 2 aromatic rings. The first-order valence-electron chi connectivity index (χ1n) is 5.15. The van der Waals surface area contributed by atoms with E-state index in [9.17, 15) is 0 Å². The Hall–Kier alpha value is -1.35. The molecule has 1 heterocycles. The van der Waals surface area contributed by atoms with Crippen LogP contribution in [0.2, 0.25) is 5.02 Å². The van der Waals surface area contributed by atoms with Gasteiger partial charge in [-0.3, -0.25) is 0 Å². The molecule has 0 bridgehead atoms. The summed E-state index contributed by atoms with van der Waals surface area (Å²) in [7, 11) is 0. The van der Waals surface area contributed by atoms with Gasteiger partial charge < -0.3 is 0 Å². The van der Waals surface area contributed by atoms with Crippen LogP contribution in [0.5, 0.6) is 0 Å². The lowest BCUT2D eigenvalue weighted by atomic mass is 9.86. The highest BCUT2D eigenvalue weighted by Crippen LogP contribution is 2.29. The minimum absolute atomic E-state index is 0.0353. The lowest BCUT2D eigenvalue weighted by Crippen LogP contribution is -2.16. The van der Waals surface area contributed by atoms with Gasteiger partial charge in [0.15, 0.2) is 0 Å². The normalized spacial score (nSPS) is 11.8. The molecule has 16 heavy (non-hydrogen) atoms. The third kappa shape index (κ3) is 2.09. The second-order valence-corrected chi connectivity index (χ2v) is 5.17. The molecule has 0 unspecified atom stereocenters. The number of halogens is 1. The molecule has 1 aromatic carbocycles. The Bertz CT molecular complexity index is 483. The van der Waals surface area contributed by atoms with Gasteiger partial charge in [-0.2, -0.15) is 15.0 Å². The Balaban J connectivity index is 2.63. The number of rotatable bonds is 1. The molecule has 84 valence electrons. The maximum absolute atomic E-state index is 6.01. The van der Waals surface area contributed by atoms with Crippen molar-refractivity contribution in [2.24, 2.45) is 0 Å². The summed E-state index contributed by atoms with van der Waals surface area (Å²) in [5.74, 6) is 0. The van der Waals surface area contributed by atoms with Gasteiger partial charge in [0.05, 0.1) is 18.1 Å². The SMILES string of the molecule is CC(C)(C)c1ccc(Cl)cc1-n1nccn1. The molecule has 4 heteroatoms. The molecule has 1 aromatic heterocycles. The summed E-state index contributed by atoms with van der Waals surface area (Å²) in [6.07, 6.45) is 3.32. The zero-order valence-electron chi connectivity index (χ0n) is 9.61. The Morgan fingerprint density at radius 2 is 1.75 bits per heavy atom. The van der Waals surface area contributed by atoms with Gasteiger partial charge >= 0.3 is 0 Å². The molecule has 0 aliphatic carbocycles. The average Bonchev–Trinajstić information content (AvgIpc) is 2.68. The van der Waals surface area contributed by atoms with Crippen LogP contribution in [0.3, 0.4) is 0 Å². The minimum atomic E-state index is 0.0353. The fourth-order valence-corrected chi connectivity index (χ4v) is 1.81. The van der Waals surface area contributed by atoms with Crippen LogP contribution in [-0.2, 0) is 5.41 Å². The summed E-state index contributed by atoms with van der Waals surface area (Å²) in [6.45, 7) is 6.47. The molecule has 0 radical (unpaired) electrons. The van der Waals surface area contributed by atoms with Crippen molar-refractivity contribution in [3.63, 3.8) is 0 Å². The van der Waals surface area contributed by atoms with Gasteiger partial charge in [0, 0.05) is 5.02 Å². The van der Waals surface area contributed by atoms with Crippen LogP contribution in [0.4, 0.5) is 0 Å². The van der Waals surface area contributed by atoms with Gasteiger partial charge in [0.1, 0.15) is 0 Å². The van der Waals surface area contributed by atoms with Crippen molar-refractivity contribution >= 4 is 11.6 Å². The van der Waals surface area contributed by atoms with Gasteiger partial charge in [-0.15, -0.1) is 0 Å². The van der Waals surface area contributed by atoms with E-state index in [4.69, 9.17) is 11.6 Å². The fourth-order valence-electron chi connectivity index (χ4n) is 1.64. The predicted molar refractivity (Wildman–Crippen MR) is 65.1 cm³/mol. The van der Waals surface area contributed by atoms with Crippen LogP contribution in [0.1, 0.15) is 26.3 Å². The first-order valence-corrected chi connectivity index (χ1v) is 5.53. The van der Waals surface area contributed by atoms with Gasteiger partial charge in [-0.1, -0.05) is 38.4 Å². The summed E-state index contributed by atoms with van der Waals surface area (Å²) >= 11 is 6.01. The van der Waals surface area contributed by atoms with Crippen LogP contribution in [-0.4, -0.2) is 15.0 Å². The summed E-state index contributed by atoms with van der Waals surface area (Å²) in [6, 6.07) is 5.82. The third-order valence-corrected chi connectivity index (χ3v) is 2.64. The second-order valence-electron chi connectivity index (χ2n) is 4.73. The van der Waals surface area contributed by atoms with Crippen molar-refractivity contribution in [1.82, 2.24) is 15.0 Å². The highest BCUT2D eigenvalue weighted by molar-refractivity contribution is 6.30. The molecule has 0 aliphatic heterocycles. The number of hydrogen-bond acceptors (Lipinski definition) is 2. The zero-order chi connectivity index (χ0) is 11.8. The first kappa shape index (κ1) is 11.1. The van der Waals surface area contributed by atoms with E-state index >= 15 is 0 Å². The van der Waals surface area contributed by atoms with E-state index in [1.807, 2.05) is 18.2 Å². The maximum atomic E-state index is 6.01. The first-order chi connectivity index (χ1) is 7.48. The van der Waals surface area contributed by atoms with Crippen molar-refractivity contribution in [3.8, 4) is 5.69 Å². The molecular formula is C12H14ClN3. The van der Waals surface area contributed by atoms with Gasteiger partial charge in [0.25, 0.3) is 0 Å². The molecular weight excluding hydrogens is 222 g/mol. The minimum Gasteiger partial charge on any atom is -0.157 e. The number of hydrogen-bond donors (Lipinski definition) is 0. The lowest BCUT2D eigenvalue weighted by molar-refractivity contribution is 0.577. The van der Waals surface area contributed by atoms with E-state index in [2.05, 4.69) is 31.0 Å². The second kappa shape index (κ2) is 3.91. The maximum Gasteiger partial charge on any atom is 0.0908 e. The fraction of sp³-hybridized carbons (Fsp3) is 0.333. The van der Waals surface area contributed by atoms with Crippen LogP contribution in [0.15, 0.2) is 30.6 Å². The quantitative estimate of drug-likeness (QED) is 0.760. The van der Waals surface area contributed by atoms with Crippen LogP contribution < -0.4 is 0 Å². The summed E-state index contributed by atoms with van der Waals surface area (Å²) in [4.78, 5) is 1.60. The van der Waals surface area contributed by atoms with E-state index in [1.165, 1.54) is 5.56 Å². The van der Waals surface area contributed by atoms with Gasteiger partial charge in [-0.05, 0) is 23.1 Å². The molecule has 3 nitrogen and oxygen atoms in total. The smallest absolute Gasteiger partial charge is 0.0908 e. The molecule has 0 spiro atoms. The average molecular weight is 236 g/mol. The van der Waals surface area contributed by atoms with Crippen molar-refractivity contribution in [2.45, 2.75) is 26.2 Å². The van der Waals surface area contributed by atoms with Crippen LogP contribution >= 0.6 is 11.6 Å². The Kier molecular flexibility index (Phi) is 2.72. The summed E-state index contributed by atoms with van der Waals surface area (Å²) in [5, 5.41) is 8.99. The predicted octanol–water partition coefficient (Wildman–Crippen LogP) is 3.22. The van der Waals surface area contributed by atoms with Crippen molar-refractivity contribution in [1.29, 1.82) is 0 Å². The van der Waals surface area contributed by atoms with Crippen LogP contribution in [0.25, 0.3) is 5.69 Å². The van der Waals surface area contributed by atoms with E-state index < -0.39 is 0 Å². The topological polar surface area (TPSA) is 30.7 Å². The molecule has 0 fully saturated rings. The lowest BCUT2D eigenvalue weighted by Gasteiger charge is -2.22. The van der Waals surface area contributed by atoms with Crippen molar-refractivity contribution < 1.29 is 0 Å². The third-order valence-electron chi connectivity index (χ3n) is 2.40. The molecule has 0 aliphatic rings. The number of nitrogens with zero attached hydrogens (tertiary/aromatic N) is 3. The molecule has 0 N–H and O–H groups in total. The summed E-state index contributed by atoms with van der Waals surface area (Å²) < 4.78 is 0. The molecule has 0 amide bonds. The van der Waals surface area contributed by atoms with Gasteiger partial charge in [-0.25, -0.2) is 0 Å².